The molecule has 10 heteroatoms. The fourth-order valence-electron chi connectivity index (χ4n) is 4.54. The summed E-state index contributed by atoms with van der Waals surface area (Å²) in [7, 11) is 3.07. The van der Waals surface area contributed by atoms with Crippen molar-refractivity contribution in [3.05, 3.63) is 119 Å². The van der Waals surface area contributed by atoms with E-state index in [1.54, 1.807) is 56.5 Å². The molecule has 5 rings (SSSR count). The molecular weight excluding hydrogens is 571 g/mol. The first-order chi connectivity index (χ1) is 19.4. The van der Waals surface area contributed by atoms with Crippen LogP contribution in [0.2, 0.25) is 10.0 Å². The largest absolute Gasteiger partial charge is 0.493 e. The number of esters is 1. The molecule has 4 aromatic rings. The van der Waals surface area contributed by atoms with Crippen LogP contribution in [0, 0.1) is 0 Å². The van der Waals surface area contributed by atoms with Crippen molar-refractivity contribution in [1.82, 2.24) is 4.57 Å². The minimum absolute atomic E-state index is 0.155. The van der Waals surface area contributed by atoms with Crippen molar-refractivity contribution in [3.63, 3.8) is 0 Å². The fraction of sp³-hybridized carbons (Fsp3) is 0.167. The van der Waals surface area contributed by atoms with Gasteiger partial charge in [0.15, 0.2) is 16.3 Å². The highest BCUT2D eigenvalue weighted by Gasteiger charge is 2.35. The normalized spacial score (nSPS) is 14.9. The zero-order chi connectivity index (χ0) is 28.4. The van der Waals surface area contributed by atoms with E-state index in [4.69, 9.17) is 42.4 Å². The van der Waals surface area contributed by atoms with E-state index < -0.39 is 12.0 Å². The molecule has 1 aliphatic heterocycles. The zero-order valence-corrected chi connectivity index (χ0v) is 24.1. The fourth-order valence-corrected chi connectivity index (χ4v) is 5.99. The molecule has 0 aliphatic carbocycles. The van der Waals surface area contributed by atoms with Gasteiger partial charge >= 0.3 is 5.97 Å². The molecule has 1 atom stereocenters. The summed E-state index contributed by atoms with van der Waals surface area (Å²) < 4.78 is 18.4. The molecule has 1 aliphatic rings. The Kier molecular flexibility index (Phi) is 8.12. The smallest absolute Gasteiger partial charge is 0.338 e. The Morgan fingerprint density at radius 3 is 2.45 bits per heavy atom. The van der Waals surface area contributed by atoms with Gasteiger partial charge in [0.2, 0.25) is 0 Å². The standard InChI is InChI=1S/C30H24Cl2N2O5S/c1-4-39-29(36)25-26(17-8-6-5-7-9-17)33-30-34(27(25)19-11-13-22(37-2)23(14-19)38-3)28(35)24(40-30)15-18-10-12-20(31)16-21(18)32/h5-16,27H,4H2,1-3H3/b24-15-/t27-/m0/s1. The molecule has 0 saturated carbocycles. The van der Waals surface area contributed by atoms with Crippen LogP contribution < -0.4 is 24.4 Å². The average Bonchev–Trinajstić information content (AvgIpc) is 3.28. The number of ether oxygens (including phenoxy) is 3. The van der Waals surface area contributed by atoms with Gasteiger partial charge < -0.3 is 14.2 Å². The molecule has 0 unspecified atom stereocenters. The number of benzene rings is 3. The highest BCUT2D eigenvalue weighted by Crippen LogP contribution is 2.38. The summed E-state index contributed by atoms with van der Waals surface area (Å²) in [5.41, 5.74) is 2.31. The zero-order valence-electron chi connectivity index (χ0n) is 21.8. The summed E-state index contributed by atoms with van der Waals surface area (Å²) in [4.78, 5) is 32.9. The quantitative estimate of drug-likeness (QED) is 0.273. The van der Waals surface area contributed by atoms with E-state index in [1.807, 2.05) is 30.3 Å². The van der Waals surface area contributed by atoms with E-state index in [1.165, 1.54) is 23.0 Å². The van der Waals surface area contributed by atoms with Crippen molar-refractivity contribution in [1.29, 1.82) is 0 Å². The number of fused-ring (bicyclic) bond motifs is 1. The lowest BCUT2D eigenvalue weighted by molar-refractivity contribution is -0.138. The monoisotopic (exact) mass is 594 g/mol. The van der Waals surface area contributed by atoms with Gasteiger partial charge in [0.05, 0.1) is 42.7 Å². The Bertz CT molecular complexity index is 1810. The number of hydrogen-bond donors (Lipinski definition) is 0. The summed E-state index contributed by atoms with van der Waals surface area (Å²) in [6, 6.07) is 18.8. The molecule has 0 bridgehead atoms. The Labute approximate surface area is 244 Å². The van der Waals surface area contributed by atoms with Crippen molar-refractivity contribution < 1.29 is 19.0 Å². The Morgan fingerprint density at radius 1 is 1.02 bits per heavy atom. The van der Waals surface area contributed by atoms with Crippen LogP contribution >= 0.6 is 34.5 Å². The molecule has 0 spiro atoms. The number of rotatable bonds is 7. The topological polar surface area (TPSA) is 79.1 Å². The van der Waals surface area contributed by atoms with Crippen molar-refractivity contribution in [2.75, 3.05) is 20.8 Å². The molecule has 40 heavy (non-hydrogen) atoms. The van der Waals surface area contributed by atoms with Crippen LogP contribution in [-0.2, 0) is 9.53 Å². The number of aromatic nitrogens is 1. The predicted octanol–water partition coefficient (Wildman–Crippen LogP) is 5.26. The van der Waals surface area contributed by atoms with Crippen LogP contribution in [-0.4, -0.2) is 31.4 Å². The van der Waals surface area contributed by atoms with Gasteiger partial charge in [-0.05, 0) is 48.4 Å². The second-order valence-electron chi connectivity index (χ2n) is 8.71. The van der Waals surface area contributed by atoms with Crippen LogP contribution in [0.3, 0.4) is 0 Å². The van der Waals surface area contributed by atoms with Crippen molar-refractivity contribution in [2.45, 2.75) is 13.0 Å². The summed E-state index contributed by atoms with van der Waals surface area (Å²) >= 11 is 13.7. The second-order valence-corrected chi connectivity index (χ2v) is 10.6. The van der Waals surface area contributed by atoms with Gasteiger partial charge in [-0.1, -0.05) is 77.0 Å². The number of halogens is 2. The lowest BCUT2D eigenvalue weighted by Crippen LogP contribution is -2.40. The minimum atomic E-state index is -0.854. The minimum Gasteiger partial charge on any atom is -0.493 e. The molecule has 2 heterocycles. The number of carbonyl (C=O) groups excluding carboxylic acids is 1. The molecule has 0 amide bonds. The van der Waals surface area contributed by atoms with E-state index >= 15 is 0 Å². The first-order valence-corrected chi connectivity index (χ1v) is 13.9. The number of carbonyl (C=O) groups is 1. The molecular formula is C30H24Cl2N2O5S. The van der Waals surface area contributed by atoms with Gasteiger partial charge in [-0.2, -0.15) is 0 Å². The summed E-state index contributed by atoms with van der Waals surface area (Å²) in [5, 5.41) is 0.899. The van der Waals surface area contributed by atoms with Gasteiger partial charge in [-0.15, -0.1) is 0 Å². The van der Waals surface area contributed by atoms with E-state index in [2.05, 4.69) is 0 Å². The van der Waals surface area contributed by atoms with Gasteiger partial charge in [0.1, 0.15) is 0 Å². The maximum Gasteiger partial charge on any atom is 0.338 e. The second kappa shape index (κ2) is 11.7. The molecule has 0 N–H and O–H groups in total. The highest BCUT2D eigenvalue weighted by molar-refractivity contribution is 7.07. The third kappa shape index (κ3) is 5.18. The third-order valence-corrected chi connectivity index (χ3v) is 7.89. The van der Waals surface area contributed by atoms with Crippen molar-refractivity contribution >= 4 is 52.3 Å². The van der Waals surface area contributed by atoms with Crippen molar-refractivity contribution in [2.24, 2.45) is 4.99 Å². The average molecular weight is 596 g/mol. The number of methoxy groups -OCH3 is 2. The molecule has 0 saturated heterocycles. The number of hydrogen-bond acceptors (Lipinski definition) is 7. The number of nitrogens with zero attached hydrogens (tertiary/aromatic N) is 2. The van der Waals surface area contributed by atoms with Gasteiger partial charge in [0, 0.05) is 15.6 Å². The van der Waals surface area contributed by atoms with Gasteiger partial charge in [-0.3, -0.25) is 9.36 Å². The first-order valence-electron chi connectivity index (χ1n) is 12.3. The van der Waals surface area contributed by atoms with E-state index in [0.29, 0.717) is 47.7 Å². The van der Waals surface area contributed by atoms with E-state index in [-0.39, 0.29) is 17.7 Å². The maximum absolute atomic E-state index is 14.0. The molecule has 3 aromatic carbocycles. The maximum atomic E-state index is 14.0. The first kappa shape index (κ1) is 27.7. The summed E-state index contributed by atoms with van der Waals surface area (Å²) in [6.45, 7) is 1.89. The van der Waals surface area contributed by atoms with Crippen LogP contribution in [0.5, 0.6) is 11.5 Å². The summed E-state index contributed by atoms with van der Waals surface area (Å²) in [6.07, 6.45) is 1.70. The van der Waals surface area contributed by atoms with Crippen LogP contribution in [0.15, 0.2) is 82.1 Å². The van der Waals surface area contributed by atoms with Gasteiger partial charge in [-0.25, -0.2) is 9.79 Å². The Balaban J connectivity index is 1.85. The van der Waals surface area contributed by atoms with Crippen LogP contribution in [0.1, 0.15) is 29.7 Å². The SMILES string of the molecule is CCOC(=O)C1=C(c2ccccc2)N=c2s/c(=C\c3ccc(Cl)cc3Cl)c(=O)n2[C@H]1c1ccc(OC)c(OC)c1. The Hall–Kier alpha value is -3.85. The molecule has 7 nitrogen and oxygen atoms in total. The molecule has 0 radical (unpaired) electrons. The predicted molar refractivity (Wildman–Crippen MR) is 157 cm³/mol. The molecule has 0 fully saturated rings. The van der Waals surface area contributed by atoms with Crippen LogP contribution in [0.4, 0.5) is 0 Å². The third-order valence-electron chi connectivity index (χ3n) is 6.35. The highest BCUT2D eigenvalue weighted by atomic mass is 35.5. The van der Waals surface area contributed by atoms with Crippen LogP contribution in [0.25, 0.3) is 11.8 Å². The Morgan fingerprint density at radius 2 is 1.77 bits per heavy atom. The van der Waals surface area contributed by atoms with Crippen molar-refractivity contribution in [3.8, 4) is 11.5 Å². The lowest BCUT2D eigenvalue weighted by Gasteiger charge is -2.26. The molecule has 1 aromatic heterocycles. The lowest BCUT2D eigenvalue weighted by atomic mass is 9.93. The summed E-state index contributed by atoms with van der Waals surface area (Å²) in [5.74, 6) is 0.400. The van der Waals surface area contributed by atoms with E-state index in [9.17, 15) is 9.59 Å². The van der Waals surface area contributed by atoms with E-state index in [0.717, 1.165) is 5.56 Å². The van der Waals surface area contributed by atoms with Gasteiger partial charge in [0.25, 0.3) is 5.56 Å². The molecule has 204 valence electrons. The number of thiazole rings is 1.